The second-order valence-electron chi connectivity index (χ2n) is 12.6. The van der Waals surface area contributed by atoms with Gasteiger partial charge in [0.15, 0.2) is 0 Å². The number of piperazine rings is 1. The summed E-state index contributed by atoms with van der Waals surface area (Å²) in [7, 11) is 5.12. The predicted octanol–water partition coefficient (Wildman–Crippen LogP) is 4.80. The highest BCUT2D eigenvalue weighted by molar-refractivity contribution is 5.99. The molecule has 3 aliphatic rings. The Morgan fingerprint density at radius 3 is 2.50 bits per heavy atom. The number of aromatic nitrogens is 2. The van der Waals surface area contributed by atoms with Crippen molar-refractivity contribution in [1.29, 1.82) is 0 Å². The summed E-state index contributed by atoms with van der Waals surface area (Å²) in [5.41, 5.74) is 2.84. The van der Waals surface area contributed by atoms with Crippen LogP contribution in [-0.2, 0) is 30.2 Å². The summed E-state index contributed by atoms with van der Waals surface area (Å²) in [4.78, 5) is 40.8. The highest BCUT2D eigenvalue weighted by Crippen LogP contribution is 2.35. The maximum atomic E-state index is 13.9. The van der Waals surface area contributed by atoms with Crippen LogP contribution in [0.4, 0.5) is 41.0 Å². The number of amides is 3. The lowest BCUT2D eigenvalue weighted by Crippen LogP contribution is -2.54. The van der Waals surface area contributed by atoms with Gasteiger partial charge in [0, 0.05) is 83.0 Å². The molecule has 4 heterocycles. The van der Waals surface area contributed by atoms with E-state index in [4.69, 9.17) is 4.74 Å². The SMILES string of the molecule is COc1cc(N2CCN(C3CCN(C(=O)N(C)C)CC3)CC2)ccc1Nc1ncc(C(F)(F)F)c(CCc2cccc3c2CC(=O)N3)n1. The number of carbonyl (C=O) groups is 2. The monoisotopic (exact) mass is 666 g/mol. The first-order valence-corrected chi connectivity index (χ1v) is 16.2. The number of piperidine rings is 1. The van der Waals surface area contributed by atoms with Crippen LogP contribution in [0.15, 0.2) is 42.6 Å². The van der Waals surface area contributed by atoms with Crippen LogP contribution >= 0.6 is 0 Å². The van der Waals surface area contributed by atoms with E-state index in [2.05, 4.69) is 30.4 Å². The minimum atomic E-state index is -4.62. The van der Waals surface area contributed by atoms with E-state index in [-0.39, 0.29) is 42.8 Å². The number of ether oxygens (including phenoxy) is 1. The van der Waals surface area contributed by atoms with Gasteiger partial charge in [-0.25, -0.2) is 14.8 Å². The third-order valence-electron chi connectivity index (χ3n) is 9.43. The van der Waals surface area contributed by atoms with Crippen LogP contribution in [-0.4, -0.2) is 103 Å². The van der Waals surface area contributed by atoms with Crippen molar-refractivity contribution in [1.82, 2.24) is 24.7 Å². The number of hydrogen-bond acceptors (Lipinski definition) is 8. The molecule has 2 aromatic carbocycles. The summed E-state index contributed by atoms with van der Waals surface area (Å²) in [5.74, 6) is 0.428. The Hall–Kier alpha value is -4.59. The summed E-state index contributed by atoms with van der Waals surface area (Å²) in [5, 5.41) is 5.84. The first-order valence-electron chi connectivity index (χ1n) is 16.2. The lowest BCUT2D eigenvalue weighted by atomic mass is 9.98. The molecule has 11 nitrogen and oxygen atoms in total. The predicted molar refractivity (Wildman–Crippen MR) is 177 cm³/mol. The van der Waals surface area contributed by atoms with Crippen LogP contribution in [0.5, 0.6) is 5.75 Å². The van der Waals surface area contributed by atoms with Gasteiger partial charge in [0.05, 0.1) is 30.5 Å². The maximum Gasteiger partial charge on any atom is 0.419 e. The van der Waals surface area contributed by atoms with E-state index in [1.54, 1.807) is 38.2 Å². The summed E-state index contributed by atoms with van der Waals surface area (Å²) in [6.45, 7) is 5.05. The summed E-state index contributed by atoms with van der Waals surface area (Å²) in [6.07, 6.45) is -1.35. The van der Waals surface area contributed by atoms with Gasteiger partial charge in [-0.3, -0.25) is 9.69 Å². The summed E-state index contributed by atoms with van der Waals surface area (Å²) in [6, 6.07) is 11.6. The Labute approximate surface area is 278 Å². The smallest absolute Gasteiger partial charge is 0.419 e. The molecule has 2 N–H and O–H groups in total. The quantitative estimate of drug-likeness (QED) is 0.354. The van der Waals surface area contributed by atoms with Crippen LogP contribution in [0, 0.1) is 0 Å². The van der Waals surface area contributed by atoms with Crippen LogP contribution in [0.2, 0.25) is 0 Å². The fraction of sp³-hybridized carbons (Fsp3) is 0.471. The number of aryl methyl sites for hydroxylation is 2. The molecule has 6 rings (SSSR count). The van der Waals surface area contributed by atoms with Crippen LogP contribution in [0.25, 0.3) is 0 Å². The van der Waals surface area contributed by atoms with Crippen LogP contribution < -0.4 is 20.3 Å². The number of benzene rings is 2. The zero-order valence-electron chi connectivity index (χ0n) is 27.4. The van der Waals surface area contributed by atoms with E-state index in [0.29, 0.717) is 23.2 Å². The molecule has 3 aromatic rings. The number of carbonyl (C=O) groups excluding carboxylic acids is 2. The third-order valence-corrected chi connectivity index (χ3v) is 9.43. The Kier molecular flexibility index (Phi) is 9.63. The second kappa shape index (κ2) is 13.9. The first kappa shape index (κ1) is 33.3. The third kappa shape index (κ3) is 7.28. The van der Waals surface area contributed by atoms with Gasteiger partial charge in [-0.1, -0.05) is 12.1 Å². The van der Waals surface area contributed by atoms with Crippen molar-refractivity contribution in [2.24, 2.45) is 0 Å². The average molecular weight is 667 g/mol. The molecule has 2 saturated heterocycles. The Balaban J connectivity index is 1.10. The molecule has 3 aliphatic heterocycles. The van der Waals surface area contributed by atoms with Gasteiger partial charge in [0.2, 0.25) is 11.9 Å². The topological polar surface area (TPSA) is 106 Å². The number of rotatable bonds is 8. The molecule has 3 amide bonds. The molecule has 0 bridgehead atoms. The van der Waals surface area contributed by atoms with E-state index in [1.807, 2.05) is 29.2 Å². The zero-order chi connectivity index (χ0) is 34.0. The Bertz CT molecular complexity index is 1650. The second-order valence-corrected chi connectivity index (χ2v) is 12.6. The molecule has 0 unspecified atom stereocenters. The molecule has 1 aromatic heterocycles. The number of alkyl halides is 3. The molecule has 0 radical (unpaired) electrons. The van der Waals surface area contributed by atoms with E-state index in [0.717, 1.165) is 75.1 Å². The normalized spacial score (nSPS) is 17.2. The number of hydrogen-bond donors (Lipinski definition) is 2. The molecular formula is C34H41F3N8O3. The van der Waals surface area contributed by atoms with Gasteiger partial charge in [-0.05, 0) is 55.0 Å². The highest BCUT2D eigenvalue weighted by atomic mass is 19.4. The lowest BCUT2D eigenvalue weighted by Gasteiger charge is -2.43. The summed E-state index contributed by atoms with van der Waals surface area (Å²) >= 11 is 0. The van der Waals surface area contributed by atoms with Crippen molar-refractivity contribution in [2.45, 2.75) is 44.3 Å². The molecule has 2 fully saturated rings. The maximum absolute atomic E-state index is 13.9. The molecular weight excluding hydrogens is 625 g/mol. The van der Waals surface area contributed by atoms with Gasteiger partial charge in [-0.15, -0.1) is 0 Å². The van der Waals surface area contributed by atoms with Gasteiger partial charge in [0.25, 0.3) is 0 Å². The summed E-state index contributed by atoms with van der Waals surface area (Å²) < 4.78 is 47.5. The number of halogens is 3. The molecule has 48 heavy (non-hydrogen) atoms. The van der Waals surface area contributed by atoms with Crippen molar-refractivity contribution in [3.63, 3.8) is 0 Å². The van der Waals surface area contributed by atoms with Crippen LogP contribution in [0.1, 0.15) is 35.2 Å². The Morgan fingerprint density at radius 2 is 1.81 bits per heavy atom. The van der Waals surface area contributed by atoms with Gasteiger partial charge < -0.3 is 30.1 Å². The molecule has 0 atom stereocenters. The number of fused-ring (bicyclic) bond motifs is 1. The van der Waals surface area contributed by atoms with Gasteiger partial charge in [0.1, 0.15) is 5.75 Å². The van der Waals surface area contributed by atoms with E-state index in [1.165, 1.54) is 0 Å². The highest BCUT2D eigenvalue weighted by Gasteiger charge is 2.35. The van der Waals surface area contributed by atoms with Gasteiger partial charge in [-0.2, -0.15) is 13.2 Å². The van der Waals surface area contributed by atoms with Crippen molar-refractivity contribution < 1.29 is 27.5 Å². The molecule has 0 saturated carbocycles. The number of nitrogens with one attached hydrogen (secondary N) is 2. The molecule has 0 aliphatic carbocycles. The van der Waals surface area contributed by atoms with E-state index in [9.17, 15) is 22.8 Å². The average Bonchev–Trinajstić information content (AvgIpc) is 3.47. The fourth-order valence-electron chi connectivity index (χ4n) is 6.86. The van der Waals surface area contributed by atoms with E-state index < -0.39 is 11.7 Å². The zero-order valence-corrected chi connectivity index (χ0v) is 27.4. The number of methoxy groups -OCH3 is 1. The van der Waals surface area contributed by atoms with Crippen LogP contribution in [0.3, 0.4) is 0 Å². The van der Waals surface area contributed by atoms with Crippen molar-refractivity contribution >= 4 is 34.9 Å². The first-order chi connectivity index (χ1) is 23.0. The Morgan fingerprint density at radius 1 is 1.06 bits per heavy atom. The van der Waals surface area contributed by atoms with Gasteiger partial charge >= 0.3 is 12.2 Å². The number of nitrogens with zero attached hydrogens (tertiary/aromatic N) is 6. The minimum Gasteiger partial charge on any atom is -0.494 e. The molecule has 256 valence electrons. The molecule has 0 spiro atoms. The fourth-order valence-corrected chi connectivity index (χ4v) is 6.86. The largest absolute Gasteiger partial charge is 0.494 e. The van der Waals surface area contributed by atoms with Crippen molar-refractivity contribution in [3.8, 4) is 5.75 Å². The molecule has 14 heteroatoms. The minimum absolute atomic E-state index is 0.0199. The van der Waals surface area contributed by atoms with Crippen molar-refractivity contribution in [3.05, 3.63) is 65.0 Å². The van der Waals surface area contributed by atoms with E-state index >= 15 is 0 Å². The number of likely N-dealkylation sites (tertiary alicyclic amines) is 1. The number of urea groups is 1. The number of anilines is 4. The standard InChI is InChI=1S/C34H41F3N8O3/c1-42(2)33(47)45-13-11-23(12-14-45)43-15-17-44(18-16-43)24-8-10-29(30(19-24)48-3)41-32-38-21-26(34(35,36)37)28(40-32)9-7-22-5-4-6-27-25(22)20-31(46)39-27/h4-6,8,10,19,21,23H,7,9,11-18,20H2,1-3H3,(H,39,46)(H,38,40,41). The van der Waals surface area contributed by atoms with Crippen molar-refractivity contribution in [2.75, 3.05) is 76.0 Å². The lowest BCUT2D eigenvalue weighted by molar-refractivity contribution is -0.138.